The van der Waals surface area contributed by atoms with E-state index in [4.69, 9.17) is 4.74 Å². The number of benzene rings is 2. The highest BCUT2D eigenvalue weighted by Gasteiger charge is 2.45. The van der Waals surface area contributed by atoms with E-state index in [-0.39, 0.29) is 23.4 Å². The standard InChI is InChI=1S/C22H20N2O7/c1-3-11-23-19(14-7-9-17(10-8-14)31-13(2)25)18(21(27)22(23)28)20(26)15-5-4-6-16(12-15)24(29)30/h4-10,12,19,26H,3,11H2,1-2H3/b20-18-. The van der Waals surface area contributed by atoms with E-state index < -0.39 is 34.4 Å². The molecule has 1 amide bonds. The molecular formula is C22H20N2O7. The fraction of sp³-hybridized carbons (Fsp3) is 0.227. The van der Waals surface area contributed by atoms with E-state index in [2.05, 4.69) is 0 Å². The fourth-order valence-electron chi connectivity index (χ4n) is 3.50. The highest BCUT2D eigenvalue weighted by molar-refractivity contribution is 6.46. The maximum Gasteiger partial charge on any atom is 0.308 e. The molecule has 1 saturated heterocycles. The van der Waals surface area contributed by atoms with Crippen LogP contribution < -0.4 is 4.74 Å². The number of aliphatic hydroxyl groups excluding tert-OH is 1. The number of esters is 1. The summed E-state index contributed by atoms with van der Waals surface area (Å²) in [6.07, 6.45) is 0.575. The third kappa shape index (κ3) is 4.30. The van der Waals surface area contributed by atoms with Gasteiger partial charge < -0.3 is 14.7 Å². The predicted octanol–water partition coefficient (Wildman–Crippen LogP) is 3.35. The number of amides is 1. The molecule has 1 atom stereocenters. The number of carbonyl (C=O) groups excluding carboxylic acids is 3. The van der Waals surface area contributed by atoms with Gasteiger partial charge in [0.25, 0.3) is 17.4 Å². The fourth-order valence-corrected chi connectivity index (χ4v) is 3.50. The molecule has 1 heterocycles. The monoisotopic (exact) mass is 424 g/mol. The number of Topliss-reactive ketones (excluding diaryl/α,β-unsaturated/α-hetero) is 1. The van der Waals surface area contributed by atoms with Gasteiger partial charge in [-0.25, -0.2) is 0 Å². The van der Waals surface area contributed by atoms with E-state index in [0.717, 1.165) is 6.07 Å². The van der Waals surface area contributed by atoms with Crippen LogP contribution in [-0.4, -0.2) is 39.1 Å². The molecular weight excluding hydrogens is 404 g/mol. The molecule has 1 aliphatic rings. The van der Waals surface area contributed by atoms with Crippen LogP contribution in [0, 0.1) is 10.1 Å². The predicted molar refractivity (Wildman–Crippen MR) is 110 cm³/mol. The average molecular weight is 424 g/mol. The van der Waals surface area contributed by atoms with Crippen molar-refractivity contribution < 1.29 is 29.2 Å². The Labute approximate surface area is 177 Å². The lowest BCUT2D eigenvalue weighted by atomic mass is 9.95. The Hall–Kier alpha value is -4.01. The minimum Gasteiger partial charge on any atom is -0.507 e. The summed E-state index contributed by atoms with van der Waals surface area (Å²) in [5, 5.41) is 22.0. The van der Waals surface area contributed by atoms with Gasteiger partial charge in [0.05, 0.1) is 16.5 Å². The molecule has 2 aromatic carbocycles. The van der Waals surface area contributed by atoms with Crippen LogP contribution in [0.4, 0.5) is 5.69 Å². The lowest BCUT2D eigenvalue weighted by Crippen LogP contribution is -2.30. The van der Waals surface area contributed by atoms with Gasteiger partial charge in [0, 0.05) is 31.2 Å². The zero-order valence-electron chi connectivity index (χ0n) is 16.9. The molecule has 9 heteroatoms. The summed E-state index contributed by atoms with van der Waals surface area (Å²) in [7, 11) is 0. The molecule has 1 fully saturated rings. The third-order valence-electron chi connectivity index (χ3n) is 4.79. The Bertz CT molecular complexity index is 1090. The van der Waals surface area contributed by atoms with Crippen LogP contribution >= 0.6 is 0 Å². The molecule has 0 aliphatic carbocycles. The first-order valence-electron chi connectivity index (χ1n) is 9.56. The molecule has 0 saturated carbocycles. The zero-order chi connectivity index (χ0) is 22.7. The number of ketones is 1. The zero-order valence-corrected chi connectivity index (χ0v) is 16.9. The number of ether oxygens (including phenoxy) is 1. The molecule has 3 rings (SSSR count). The van der Waals surface area contributed by atoms with Gasteiger partial charge in [-0.05, 0) is 24.1 Å². The van der Waals surface area contributed by atoms with E-state index >= 15 is 0 Å². The van der Waals surface area contributed by atoms with Crippen molar-refractivity contribution >= 4 is 29.1 Å². The number of rotatable bonds is 6. The number of carbonyl (C=O) groups is 3. The summed E-state index contributed by atoms with van der Waals surface area (Å²) < 4.78 is 5.02. The van der Waals surface area contributed by atoms with Gasteiger partial charge >= 0.3 is 5.97 Å². The molecule has 160 valence electrons. The molecule has 31 heavy (non-hydrogen) atoms. The Morgan fingerprint density at radius 3 is 2.45 bits per heavy atom. The number of nitro benzene ring substituents is 1. The summed E-state index contributed by atoms with van der Waals surface area (Å²) in [6.45, 7) is 3.39. The van der Waals surface area contributed by atoms with Crippen LogP contribution in [0.5, 0.6) is 5.75 Å². The van der Waals surface area contributed by atoms with Gasteiger partial charge in [-0.1, -0.05) is 31.2 Å². The van der Waals surface area contributed by atoms with Gasteiger partial charge in [-0.2, -0.15) is 0 Å². The molecule has 1 unspecified atom stereocenters. The van der Waals surface area contributed by atoms with E-state index in [1.807, 2.05) is 6.92 Å². The van der Waals surface area contributed by atoms with Crippen LogP contribution in [0.1, 0.15) is 37.4 Å². The van der Waals surface area contributed by atoms with Crippen molar-refractivity contribution in [2.24, 2.45) is 0 Å². The quantitative estimate of drug-likeness (QED) is 0.143. The van der Waals surface area contributed by atoms with Crippen LogP contribution in [0.15, 0.2) is 54.1 Å². The minimum absolute atomic E-state index is 0.0604. The number of hydrogen-bond donors (Lipinski definition) is 1. The van der Waals surface area contributed by atoms with Gasteiger partial charge in [0.1, 0.15) is 11.5 Å². The molecule has 9 nitrogen and oxygen atoms in total. The lowest BCUT2D eigenvalue weighted by molar-refractivity contribution is -0.384. The number of hydrogen-bond acceptors (Lipinski definition) is 7. The van der Waals surface area contributed by atoms with Crippen molar-refractivity contribution in [1.82, 2.24) is 4.90 Å². The SMILES string of the molecule is CCCN1C(=O)C(=O)/C(=C(\O)c2cccc([N+](=O)[O-])c2)C1c1ccc(OC(C)=O)cc1. The smallest absolute Gasteiger partial charge is 0.308 e. The van der Waals surface area contributed by atoms with Crippen molar-refractivity contribution in [1.29, 1.82) is 0 Å². The first kappa shape index (κ1) is 21.7. The Morgan fingerprint density at radius 2 is 1.87 bits per heavy atom. The second-order valence-electron chi connectivity index (χ2n) is 6.96. The normalized spacial score (nSPS) is 17.6. The highest BCUT2D eigenvalue weighted by atomic mass is 16.6. The highest BCUT2D eigenvalue weighted by Crippen LogP contribution is 2.40. The summed E-state index contributed by atoms with van der Waals surface area (Å²) in [6, 6.07) is 10.6. The minimum atomic E-state index is -0.884. The van der Waals surface area contributed by atoms with Crippen molar-refractivity contribution in [2.75, 3.05) is 6.54 Å². The largest absolute Gasteiger partial charge is 0.507 e. The second-order valence-corrected chi connectivity index (χ2v) is 6.96. The van der Waals surface area contributed by atoms with Crippen molar-refractivity contribution in [3.63, 3.8) is 0 Å². The van der Waals surface area contributed by atoms with Crippen molar-refractivity contribution in [3.8, 4) is 5.75 Å². The Balaban J connectivity index is 2.14. The van der Waals surface area contributed by atoms with E-state index in [1.54, 1.807) is 12.1 Å². The van der Waals surface area contributed by atoms with Crippen LogP contribution in [-0.2, 0) is 14.4 Å². The molecule has 0 bridgehead atoms. The number of non-ortho nitro benzene ring substituents is 1. The van der Waals surface area contributed by atoms with Crippen molar-refractivity contribution in [3.05, 3.63) is 75.3 Å². The number of likely N-dealkylation sites (tertiary alicyclic amines) is 1. The molecule has 0 aromatic heterocycles. The molecule has 0 spiro atoms. The number of nitrogens with zero attached hydrogens (tertiary/aromatic N) is 2. The molecule has 0 radical (unpaired) electrons. The van der Waals surface area contributed by atoms with Gasteiger partial charge in [0.2, 0.25) is 0 Å². The number of nitro groups is 1. The first-order chi connectivity index (χ1) is 14.7. The van der Waals surface area contributed by atoms with E-state index in [0.29, 0.717) is 17.7 Å². The third-order valence-corrected chi connectivity index (χ3v) is 4.79. The summed E-state index contributed by atoms with van der Waals surface area (Å²) >= 11 is 0. The van der Waals surface area contributed by atoms with Gasteiger partial charge in [-0.15, -0.1) is 0 Å². The van der Waals surface area contributed by atoms with Crippen LogP contribution in [0.25, 0.3) is 5.76 Å². The maximum absolute atomic E-state index is 12.8. The summed E-state index contributed by atoms with van der Waals surface area (Å²) in [5.74, 6) is -2.32. The molecule has 1 N–H and O–H groups in total. The Morgan fingerprint density at radius 1 is 1.19 bits per heavy atom. The van der Waals surface area contributed by atoms with E-state index in [9.17, 15) is 29.6 Å². The topological polar surface area (TPSA) is 127 Å². The summed E-state index contributed by atoms with van der Waals surface area (Å²) in [5.41, 5.74) is 0.175. The van der Waals surface area contributed by atoms with Gasteiger partial charge in [-0.3, -0.25) is 24.5 Å². The Kier molecular flexibility index (Phi) is 6.15. The number of aliphatic hydroxyl groups is 1. The lowest BCUT2D eigenvalue weighted by Gasteiger charge is -2.25. The van der Waals surface area contributed by atoms with Crippen LogP contribution in [0.3, 0.4) is 0 Å². The van der Waals surface area contributed by atoms with Crippen molar-refractivity contribution in [2.45, 2.75) is 26.3 Å². The average Bonchev–Trinajstić information content (AvgIpc) is 2.99. The first-order valence-corrected chi connectivity index (χ1v) is 9.56. The molecule has 1 aliphatic heterocycles. The van der Waals surface area contributed by atoms with Crippen LogP contribution in [0.2, 0.25) is 0 Å². The van der Waals surface area contributed by atoms with Gasteiger partial charge in [0.15, 0.2) is 0 Å². The maximum atomic E-state index is 12.8. The molecule has 2 aromatic rings. The summed E-state index contributed by atoms with van der Waals surface area (Å²) in [4.78, 5) is 48.4. The second kappa shape index (κ2) is 8.78. The van der Waals surface area contributed by atoms with E-state index in [1.165, 1.54) is 42.2 Å².